The Bertz CT molecular complexity index is 511. The zero-order valence-electron chi connectivity index (χ0n) is 8.94. The third-order valence-electron chi connectivity index (χ3n) is 2.23. The molecule has 2 N–H and O–H groups in total. The zero-order chi connectivity index (χ0) is 11.5. The number of nitrogens with two attached hydrogens (primary N) is 1. The fourth-order valence-electron chi connectivity index (χ4n) is 1.53. The van der Waals surface area contributed by atoms with Crippen LogP contribution in [0, 0.1) is 6.92 Å². The molecule has 16 heavy (non-hydrogen) atoms. The summed E-state index contributed by atoms with van der Waals surface area (Å²) in [7, 11) is 0. The Hall–Kier alpha value is -1.26. The average molecular weight is 278 g/mol. The van der Waals surface area contributed by atoms with Crippen molar-refractivity contribution in [2.24, 2.45) is 5.73 Å². The van der Waals surface area contributed by atoms with E-state index in [0.29, 0.717) is 12.4 Å². The van der Waals surface area contributed by atoms with Crippen molar-refractivity contribution >= 4 is 15.9 Å². The Labute approximate surface area is 103 Å². The molecule has 0 saturated heterocycles. The number of nitrogens with zero attached hydrogens (tertiary/aromatic N) is 2. The van der Waals surface area contributed by atoms with E-state index in [0.717, 1.165) is 21.4 Å². The van der Waals surface area contributed by atoms with Gasteiger partial charge in [-0.1, -0.05) is 34.1 Å². The molecule has 0 amide bonds. The maximum atomic E-state index is 5.57. The van der Waals surface area contributed by atoms with Crippen LogP contribution in [0.1, 0.15) is 11.5 Å². The van der Waals surface area contributed by atoms with Crippen molar-refractivity contribution < 1.29 is 0 Å². The largest absolute Gasteiger partial charge is 0.324 e. The highest BCUT2D eigenvalue weighted by atomic mass is 79.9. The number of benzene rings is 1. The second kappa shape index (κ2) is 4.72. The summed E-state index contributed by atoms with van der Waals surface area (Å²) in [6.07, 6.45) is 0. The minimum absolute atomic E-state index is 0.360. The summed E-state index contributed by atoms with van der Waals surface area (Å²) in [6.45, 7) is 2.31. The van der Waals surface area contributed by atoms with Gasteiger partial charge in [-0.25, -0.2) is 9.97 Å². The van der Waals surface area contributed by atoms with Crippen LogP contribution in [0.3, 0.4) is 0 Å². The standard InChI is InChI=1S/C12H12BrN3/c1-8-6-11(16-12(7-14)15-8)9-4-2-3-5-10(9)13/h2-6H,7,14H2,1H3. The number of aromatic nitrogens is 2. The molecule has 0 aliphatic carbocycles. The molecule has 2 aromatic rings. The van der Waals surface area contributed by atoms with E-state index in [1.165, 1.54) is 0 Å². The summed E-state index contributed by atoms with van der Waals surface area (Å²) in [5.41, 5.74) is 8.46. The van der Waals surface area contributed by atoms with Crippen LogP contribution in [0.25, 0.3) is 11.3 Å². The van der Waals surface area contributed by atoms with E-state index < -0.39 is 0 Å². The Morgan fingerprint density at radius 3 is 2.69 bits per heavy atom. The monoisotopic (exact) mass is 277 g/mol. The van der Waals surface area contributed by atoms with Crippen LogP contribution >= 0.6 is 15.9 Å². The Balaban J connectivity index is 2.56. The maximum Gasteiger partial charge on any atom is 0.142 e. The van der Waals surface area contributed by atoms with Crippen LogP contribution in [0.2, 0.25) is 0 Å². The van der Waals surface area contributed by atoms with Crippen molar-refractivity contribution in [2.75, 3.05) is 0 Å². The summed E-state index contributed by atoms with van der Waals surface area (Å²) in [5, 5.41) is 0. The van der Waals surface area contributed by atoms with E-state index >= 15 is 0 Å². The normalized spacial score (nSPS) is 10.4. The van der Waals surface area contributed by atoms with Gasteiger partial charge in [-0.3, -0.25) is 0 Å². The predicted molar refractivity (Wildman–Crippen MR) is 67.8 cm³/mol. The first-order valence-corrected chi connectivity index (χ1v) is 5.79. The molecule has 0 bridgehead atoms. The molecule has 1 heterocycles. The third kappa shape index (κ3) is 2.28. The Morgan fingerprint density at radius 1 is 1.25 bits per heavy atom. The van der Waals surface area contributed by atoms with Gasteiger partial charge in [-0.15, -0.1) is 0 Å². The zero-order valence-corrected chi connectivity index (χ0v) is 10.5. The highest BCUT2D eigenvalue weighted by Crippen LogP contribution is 2.26. The second-order valence-electron chi connectivity index (χ2n) is 3.49. The fraction of sp³-hybridized carbons (Fsp3) is 0.167. The van der Waals surface area contributed by atoms with Gasteiger partial charge < -0.3 is 5.73 Å². The molecule has 0 radical (unpaired) electrons. The van der Waals surface area contributed by atoms with Gasteiger partial charge in [-0.2, -0.15) is 0 Å². The van der Waals surface area contributed by atoms with Gasteiger partial charge in [0.05, 0.1) is 12.2 Å². The molecule has 4 heteroatoms. The van der Waals surface area contributed by atoms with Crippen LogP contribution in [0.15, 0.2) is 34.8 Å². The molecule has 1 aromatic carbocycles. The molecule has 0 unspecified atom stereocenters. The van der Waals surface area contributed by atoms with Crippen molar-refractivity contribution in [3.05, 3.63) is 46.3 Å². The van der Waals surface area contributed by atoms with E-state index in [4.69, 9.17) is 5.73 Å². The van der Waals surface area contributed by atoms with E-state index in [1.807, 2.05) is 37.3 Å². The molecular weight excluding hydrogens is 266 g/mol. The lowest BCUT2D eigenvalue weighted by atomic mass is 10.1. The van der Waals surface area contributed by atoms with Gasteiger partial charge in [0.2, 0.25) is 0 Å². The second-order valence-corrected chi connectivity index (χ2v) is 4.35. The molecule has 1 aromatic heterocycles. The molecule has 0 aliphatic rings. The van der Waals surface area contributed by atoms with Crippen molar-refractivity contribution in [2.45, 2.75) is 13.5 Å². The van der Waals surface area contributed by atoms with Gasteiger partial charge in [0.25, 0.3) is 0 Å². The summed E-state index contributed by atoms with van der Waals surface area (Å²) in [6, 6.07) is 9.94. The molecule has 0 saturated carbocycles. The smallest absolute Gasteiger partial charge is 0.142 e. The van der Waals surface area contributed by atoms with E-state index in [2.05, 4.69) is 25.9 Å². The number of hydrogen-bond donors (Lipinski definition) is 1. The van der Waals surface area contributed by atoms with Crippen molar-refractivity contribution in [1.29, 1.82) is 0 Å². The van der Waals surface area contributed by atoms with Crippen LogP contribution in [0.4, 0.5) is 0 Å². The maximum absolute atomic E-state index is 5.57. The number of aryl methyl sites for hydroxylation is 1. The fourth-order valence-corrected chi connectivity index (χ4v) is 2.02. The van der Waals surface area contributed by atoms with Crippen LogP contribution in [-0.4, -0.2) is 9.97 Å². The van der Waals surface area contributed by atoms with Crippen molar-refractivity contribution in [1.82, 2.24) is 9.97 Å². The topological polar surface area (TPSA) is 51.8 Å². The number of halogens is 1. The Kier molecular flexibility index (Phi) is 3.31. The summed E-state index contributed by atoms with van der Waals surface area (Å²) in [5.74, 6) is 0.672. The predicted octanol–water partition coefficient (Wildman–Crippen LogP) is 2.67. The van der Waals surface area contributed by atoms with Crippen molar-refractivity contribution in [3.63, 3.8) is 0 Å². The average Bonchev–Trinajstić information content (AvgIpc) is 2.28. The molecule has 3 nitrogen and oxygen atoms in total. The lowest BCUT2D eigenvalue weighted by molar-refractivity contribution is 0.894. The van der Waals surface area contributed by atoms with Crippen LogP contribution in [0.5, 0.6) is 0 Å². The highest BCUT2D eigenvalue weighted by molar-refractivity contribution is 9.10. The van der Waals surface area contributed by atoms with Crippen molar-refractivity contribution in [3.8, 4) is 11.3 Å². The minimum Gasteiger partial charge on any atom is -0.324 e. The lowest BCUT2D eigenvalue weighted by Crippen LogP contribution is -2.05. The molecule has 2 rings (SSSR count). The van der Waals surface area contributed by atoms with Gasteiger partial charge in [-0.05, 0) is 19.1 Å². The van der Waals surface area contributed by atoms with E-state index in [1.54, 1.807) is 0 Å². The quantitative estimate of drug-likeness (QED) is 0.918. The number of rotatable bonds is 2. The molecule has 0 spiro atoms. The number of hydrogen-bond acceptors (Lipinski definition) is 3. The van der Waals surface area contributed by atoms with E-state index in [9.17, 15) is 0 Å². The molecular formula is C12H12BrN3. The van der Waals surface area contributed by atoms with Crippen LogP contribution < -0.4 is 5.73 Å². The first kappa shape index (κ1) is 11.2. The van der Waals surface area contributed by atoms with Gasteiger partial charge in [0.15, 0.2) is 0 Å². The minimum atomic E-state index is 0.360. The Morgan fingerprint density at radius 2 is 2.00 bits per heavy atom. The van der Waals surface area contributed by atoms with Gasteiger partial charge in [0, 0.05) is 15.7 Å². The van der Waals surface area contributed by atoms with Gasteiger partial charge >= 0.3 is 0 Å². The molecule has 0 atom stereocenters. The highest BCUT2D eigenvalue weighted by Gasteiger charge is 2.06. The third-order valence-corrected chi connectivity index (χ3v) is 2.92. The van der Waals surface area contributed by atoms with Crippen LogP contribution in [-0.2, 0) is 6.54 Å². The summed E-state index contributed by atoms with van der Waals surface area (Å²) < 4.78 is 1.02. The first-order valence-electron chi connectivity index (χ1n) is 5.00. The van der Waals surface area contributed by atoms with E-state index in [-0.39, 0.29) is 0 Å². The molecule has 82 valence electrons. The summed E-state index contributed by atoms with van der Waals surface area (Å²) in [4.78, 5) is 8.67. The van der Waals surface area contributed by atoms with Gasteiger partial charge in [0.1, 0.15) is 5.82 Å². The SMILES string of the molecule is Cc1cc(-c2ccccc2Br)nc(CN)n1. The molecule has 0 fully saturated rings. The molecule has 0 aliphatic heterocycles. The summed E-state index contributed by atoms with van der Waals surface area (Å²) >= 11 is 3.51. The first-order chi connectivity index (χ1) is 7.70. The lowest BCUT2D eigenvalue weighted by Gasteiger charge is -2.06.